The van der Waals surface area contributed by atoms with E-state index in [9.17, 15) is 4.79 Å². The Labute approximate surface area is 135 Å². The number of nitrogens with one attached hydrogen (secondary N) is 1. The van der Waals surface area contributed by atoms with Gasteiger partial charge in [-0.05, 0) is 44.4 Å². The van der Waals surface area contributed by atoms with Gasteiger partial charge in [-0.1, -0.05) is 25.7 Å². The number of nitrogens with two attached hydrogens (primary N) is 1. The van der Waals surface area contributed by atoms with E-state index in [1.807, 2.05) is 0 Å². The summed E-state index contributed by atoms with van der Waals surface area (Å²) in [7, 11) is 0. The van der Waals surface area contributed by atoms with Gasteiger partial charge in [0.2, 0.25) is 5.91 Å². The molecule has 0 unspecified atom stereocenters. The van der Waals surface area contributed by atoms with Gasteiger partial charge in [-0.15, -0.1) is 0 Å². The zero-order chi connectivity index (χ0) is 15.4. The Morgan fingerprint density at radius 1 is 0.955 bits per heavy atom. The summed E-state index contributed by atoms with van der Waals surface area (Å²) < 4.78 is 0. The van der Waals surface area contributed by atoms with Crippen molar-refractivity contribution in [3.05, 3.63) is 0 Å². The first-order valence-electron chi connectivity index (χ1n) is 9.51. The number of rotatable bonds is 4. The average molecular weight is 307 g/mol. The second-order valence-electron chi connectivity index (χ2n) is 7.73. The Kier molecular flexibility index (Phi) is 5.75. The van der Waals surface area contributed by atoms with Gasteiger partial charge in [-0.3, -0.25) is 4.79 Å². The molecule has 1 aliphatic heterocycles. The van der Waals surface area contributed by atoms with E-state index in [-0.39, 0.29) is 11.9 Å². The molecule has 0 radical (unpaired) electrons. The third-order valence-electron chi connectivity index (χ3n) is 6.15. The molecular weight excluding hydrogens is 274 g/mol. The van der Waals surface area contributed by atoms with E-state index >= 15 is 0 Å². The van der Waals surface area contributed by atoms with Crippen LogP contribution in [0, 0.1) is 5.92 Å². The van der Waals surface area contributed by atoms with Crippen LogP contribution in [0.3, 0.4) is 0 Å². The Bertz CT molecular complexity index is 359. The maximum Gasteiger partial charge on any atom is 0.220 e. The van der Waals surface area contributed by atoms with Crippen LogP contribution in [0.1, 0.15) is 70.6 Å². The van der Waals surface area contributed by atoms with E-state index in [0.717, 1.165) is 31.7 Å². The van der Waals surface area contributed by atoms with Gasteiger partial charge in [-0.25, -0.2) is 0 Å². The minimum atomic E-state index is 0.235. The Morgan fingerprint density at radius 3 is 2.32 bits per heavy atom. The topological polar surface area (TPSA) is 58.4 Å². The number of carbonyl (C=O) groups excluding carboxylic acids is 1. The smallest absolute Gasteiger partial charge is 0.220 e. The fourth-order valence-corrected chi connectivity index (χ4v) is 4.70. The van der Waals surface area contributed by atoms with Crippen LogP contribution in [0.2, 0.25) is 0 Å². The quantitative estimate of drug-likeness (QED) is 0.838. The summed E-state index contributed by atoms with van der Waals surface area (Å²) in [4.78, 5) is 14.9. The van der Waals surface area contributed by atoms with Gasteiger partial charge in [0, 0.05) is 37.6 Å². The number of nitrogens with zero attached hydrogens (tertiary/aromatic N) is 1. The van der Waals surface area contributed by atoms with E-state index < -0.39 is 0 Å². The summed E-state index contributed by atoms with van der Waals surface area (Å²) in [6.45, 7) is 2.33. The minimum Gasteiger partial charge on any atom is -0.353 e. The SMILES string of the molecule is N[C@@H]1CCC[C@H]1CC(=O)NC1CCN(C2CCCCC2)CC1. The highest BCUT2D eigenvalue weighted by Crippen LogP contribution is 2.27. The molecule has 4 heteroatoms. The third-order valence-corrected chi connectivity index (χ3v) is 6.15. The van der Waals surface area contributed by atoms with E-state index in [1.54, 1.807) is 0 Å². The van der Waals surface area contributed by atoms with Gasteiger partial charge in [0.25, 0.3) is 0 Å². The molecule has 3 aliphatic rings. The molecule has 3 fully saturated rings. The molecule has 0 aromatic rings. The molecule has 3 rings (SSSR count). The number of amides is 1. The normalized spacial score (nSPS) is 32.2. The number of piperidine rings is 1. The van der Waals surface area contributed by atoms with Crippen LogP contribution in [0.4, 0.5) is 0 Å². The molecule has 0 aromatic carbocycles. The molecule has 2 atom stereocenters. The van der Waals surface area contributed by atoms with Crippen molar-refractivity contribution in [3.63, 3.8) is 0 Å². The van der Waals surface area contributed by atoms with Crippen molar-refractivity contribution in [1.82, 2.24) is 10.2 Å². The molecule has 1 amide bonds. The lowest BCUT2D eigenvalue weighted by Crippen LogP contribution is -2.48. The summed E-state index contributed by atoms with van der Waals surface area (Å²) in [6.07, 6.45) is 13.3. The Balaban J connectivity index is 1.37. The minimum absolute atomic E-state index is 0.235. The fraction of sp³-hybridized carbons (Fsp3) is 0.944. The van der Waals surface area contributed by atoms with Crippen molar-refractivity contribution < 1.29 is 4.79 Å². The number of hydrogen-bond acceptors (Lipinski definition) is 3. The maximum absolute atomic E-state index is 12.2. The fourth-order valence-electron chi connectivity index (χ4n) is 4.70. The number of carbonyl (C=O) groups is 1. The Morgan fingerprint density at radius 2 is 1.68 bits per heavy atom. The van der Waals surface area contributed by atoms with Crippen LogP contribution in [0.25, 0.3) is 0 Å². The first-order valence-corrected chi connectivity index (χ1v) is 9.51. The van der Waals surface area contributed by atoms with E-state index in [4.69, 9.17) is 5.73 Å². The van der Waals surface area contributed by atoms with Gasteiger partial charge in [-0.2, -0.15) is 0 Å². The van der Waals surface area contributed by atoms with E-state index in [1.165, 1.54) is 51.6 Å². The summed E-state index contributed by atoms with van der Waals surface area (Å²) in [5.74, 6) is 0.654. The van der Waals surface area contributed by atoms with Crippen molar-refractivity contribution in [3.8, 4) is 0 Å². The van der Waals surface area contributed by atoms with Gasteiger partial charge >= 0.3 is 0 Å². The molecule has 0 aromatic heterocycles. The van der Waals surface area contributed by atoms with Gasteiger partial charge in [0.1, 0.15) is 0 Å². The molecule has 2 saturated carbocycles. The second-order valence-corrected chi connectivity index (χ2v) is 7.73. The third kappa shape index (κ3) is 4.23. The van der Waals surface area contributed by atoms with Crippen LogP contribution in [-0.4, -0.2) is 42.0 Å². The summed E-state index contributed by atoms with van der Waals surface area (Å²) in [5.41, 5.74) is 6.07. The van der Waals surface area contributed by atoms with Gasteiger partial charge in [0.15, 0.2) is 0 Å². The van der Waals surface area contributed by atoms with Crippen molar-refractivity contribution in [2.24, 2.45) is 11.7 Å². The molecule has 3 N–H and O–H groups in total. The van der Waals surface area contributed by atoms with E-state index in [0.29, 0.717) is 18.4 Å². The lowest BCUT2D eigenvalue weighted by molar-refractivity contribution is -0.123. The van der Waals surface area contributed by atoms with Crippen LogP contribution in [0.5, 0.6) is 0 Å². The second kappa shape index (κ2) is 7.78. The van der Waals surface area contributed by atoms with Crippen molar-refractivity contribution in [2.45, 2.75) is 88.8 Å². The molecule has 22 heavy (non-hydrogen) atoms. The predicted molar refractivity (Wildman–Crippen MR) is 89.5 cm³/mol. The number of hydrogen-bond donors (Lipinski definition) is 2. The molecule has 0 spiro atoms. The van der Waals surface area contributed by atoms with Gasteiger partial charge in [0.05, 0.1) is 0 Å². The summed E-state index contributed by atoms with van der Waals surface area (Å²) >= 11 is 0. The van der Waals surface area contributed by atoms with Gasteiger partial charge < -0.3 is 16.0 Å². The average Bonchev–Trinajstić information content (AvgIpc) is 2.94. The van der Waals surface area contributed by atoms with Crippen LogP contribution < -0.4 is 11.1 Å². The first-order chi connectivity index (χ1) is 10.7. The zero-order valence-corrected chi connectivity index (χ0v) is 13.9. The molecule has 126 valence electrons. The van der Waals surface area contributed by atoms with Crippen LogP contribution in [0.15, 0.2) is 0 Å². The lowest BCUT2D eigenvalue weighted by atomic mass is 9.92. The van der Waals surface area contributed by atoms with E-state index in [2.05, 4.69) is 10.2 Å². The summed E-state index contributed by atoms with van der Waals surface area (Å²) in [6, 6.07) is 1.46. The lowest BCUT2D eigenvalue weighted by Gasteiger charge is -2.39. The predicted octanol–water partition coefficient (Wildman–Crippen LogP) is 2.42. The molecule has 1 heterocycles. The molecule has 0 bridgehead atoms. The van der Waals surface area contributed by atoms with Crippen molar-refractivity contribution in [2.75, 3.05) is 13.1 Å². The van der Waals surface area contributed by atoms with Crippen molar-refractivity contribution in [1.29, 1.82) is 0 Å². The van der Waals surface area contributed by atoms with Crippen LogP contribution >= 0.6 is 0 Å². The molecule has 1 saturated heterocycles. The maximum atomic E-state index is 12.2. The highest BCUT2D eigenvalue weighted by molar-refractivity contribution is 5.76. The summed E-state index contributed by atoms with van der Waals surface area (Å²) in [5, 5.41) is 3.27. The molecule has 4 nitrogen and oxygen atoms in total. The molecule has 2 aliphatic carbocycles. The first kappa shape index (κ1) is 16.3. The number of likely N-dealkylation sites (tertiary alicyclic amines) is 1. The van der Waals surface area contributed by atoms with Crippen molar-refractivity contribution >= 4 is 5.91 Å². The highest BCUT2D eigenvalue weighted by atomic mass is 16.1. The highest BCUT2D eigenvalue weighted by Gasteiger charge is 2.29. The monoisotopic (exact) mass is 307 g/mol. The largest absolute Gasteiger partial charge is 0.353 e. The van der Waals surface area contributed by atoms with Crippen LogP contribution in [-0.2, 0) is 4.79 Å². The standard InChI is InChI=1S/C18H33N3O/c19-17-8-4-5-14(17)13-18(22)20-15-9-11-21(12-10-15)16-6-2-1-3-7-16/h14-17H,1-13,19H2,(H,20,22)/t14-,17+/m0/s1. The molecular formula is C18H33N3O. The Hall–Kier alpha value is -0.610. The zero-order valence-electron chi connectivity index (χ0n) is 13.9.